The van der Waals surface area contributed by atoms with E-state index in [1.807, 2.05) is 0 Å². The standard InChI is InChI=1S/C12H17NO3S/c1-8(2)12(15,11(13)14)17-10-6-4-9(16-3)5-7-10/h4-8,15H,1-3H3,(H2,13,14). The molecule has 0 radical (unpaired) electrons. The minimum Gasteiger partial charge on any atom is -0.497 e. The van der Waals surface area contributed by atoms with Crippen molar-refractivity contribution in [1.29, 1.82) is 0 Å². The average Bonchev–Trinajstić information content (AvgIpc) is 2.29. The highest BCUT2D eigenvalue weighted by atomic mass is 32.2. The summed E-state index contributed by atoms with van der Waals surface area (Å²) in [6, 6.07) is 7.09. The number of primary amides is 1. The van der Waals surface area contributed by atoms with Crippen LogP contribution in [0.5, 0.6) is 5.75 Å². The maximum atomic E-state index is 11.3. The minimum absolute atomic E-state index is 0.271. The molecule has 1 atom stereocenters. The first kappa shape index (κ1) is 13.9. The van der Waals surface area contributed by atoms with Gasteiger partial charge < -0.3 is 15.6 Å². The quantitative estimate of drug-likeness (QED) is 0.619. The van der Waals surface area contributed by atoms with Crippen molar-refractivity contribution in [1.82, 2.24) is 0 Å². The van der Waals surface area contributed by atoms with Gasteiger partial charge in [-0.1, -0.05) is 25.6 Å². The van der Waals surface area contributed by atoms with Crippen molar-refractivity contribution in [3.63, 3.8) is 0 Å². The summed E-state index contributed by atoms with van der Waals surface area (Å²) < 4.78 is 5.03. The van der Waals surface area contributed by atoms with Gasteiger partial charge in [-0.3, -0.25) is 4.79 Å². The molecule has 0 saturated heterocycles. The lowest BCUT2D eigenvalue weighted by molar-refractivity contribution is -0.130. The SMILES string of the molecule is COc1ccc(SC(O)(C(N)=O)C(C)C)cc1. The van der Waals surface area contributed by atoms with E-state index in [1.165, 1.54) is 0 Å². The Balaban J connectivity index is 2.90. The zero-order valence-corrected chi connectivity index (χ0v) is 11.0. The van der Waals surface area contributed by atoms with Crippen LogP contribution in [0, 0.1) is 5.92 Å². The molecule has 0 aliphatic heterocycles. The van der Waals surface area contributed by atoms with Gasteiger partial charge in [-0.25, -0.2) is 0 Å². The molecular weight excluding hydrogens is 238 g/mol. The number of carbonyl (C=O) groups is 1. The summed E-state index contributed by atoms with van der Waals surface area (Å²) >= 11 is 1.05. The number of amides is 1. The number of benzene rings is 1. The van der Waals surface area contributed by atoms with E-state index in [1.54, 1.807) is 45.2 Å². The van der Waals surface area contributed by atoms with Gasteiger partial charge in [-0.05, 0) is 24.3 Å². The number of rotatable bonds is 5. The number of hydrogen-bond acceptors (Lipinski definition) is 4. The third-order valence-corrected chi connectivity index (χ3v) is 3.96. The van der Waals surface area contributed by atoms with Crippen molar-refractivity contribution in [2.45, 2.75) is 23.7 Å². The molecule has 0 heterocycles. The molecule has 0 fully saturated rings. The molecule has 3 N–H and O–H groups in total. The molecule has 0 aliphatic carbocycles. The number of carbonyl (C=O) groups excluding carboxylic acids is 1. The third-order valence-electron chi connectivity index (χ3n) is 2.47. The minimum atomic E-state index is -1.59. The van der Waals surface area contributed by atoms with Crippen LogP contribution in [0.3, 0.4) is 0 Å². The highest BCUT2D eigenvalue weighted by molar-refractivity contribution is 8.01. The third kappa shape index (κ3) is 3.14. The van der Waals surface area contributed by atoms with Crippen LogP contribution >= 0.6 is 11.8 Å². The molecule has 5 heteroatoms. The number of nitrogens with two attached hydrogens (primary N) is 1. The predicted octanol–water partition coefficient (Wildman–Crippen LogP) is 1.62. The Bertz CT molecular complexity index is 391. The van der Waals surface area contributed by atoms with Crippen molar-refractivity contribution in [3.05, 3.63) is 24.3 Å². The van der Waals surface area contributed by atoms with Crippen molar-refractivity contribution in [3.8, 4) is 5.75 Å². The van der Waals surface area contributed by atoms with Crippen molar-refractivity contribution >= 4 is 17.7 Å². The first-order valence-corrected chi connectivity index (χ1v) is 6.07. The Morgan fingerprint density at radius 1 is 1.41 bits per heavy atom. The average molecular weight is 255 g/mol. The molecule has 0 saturated carbocycles. The highest BCUT2D eigenvalue weighted by Gasteiger charge is 2.38. The molecule has 0 aliphatic rings. The molecule has 17 heavy (non-hydrogen) atoms. The lowest BCUT2D eigenvalue weighted by Crippen LogP contribution is -2.45. The Labute approximate surface area is 105 Å². The van der Waals surface area contributed by atoms with Gasteiger partial charge in [0.05, 0.1) is 7.11 Å². The number of aliphatic hydroxyl groups is 1. The smallest absolute Gasteiger partial charge is 0.260 e. The fourth-order valence-electron chi connectivity index (χ4n) is 1.28. The largest absolute Gasteiger partial charge is 0.497 e. The van der Waals surface area contributed by atoms with Gasteiger partial charge >= 0.3 is 0 Å². The van der Waals surface area contributed by atoms with E-state index < -0.39 is 10.8 Å². The molecule has 1 unspecified atom stereocenters. The molecule has 0 spiro atoms. The maximum absolute atomic E-state index is 11.3. The van der Waals surface area contributed by atoms with E-state index in [0.29, 0.717) is 0 Å². The summed E-state index contributed by atoms with van der Waals surface area (Å²) in [5.74, 6) is -0.276. The summed E-state index contributed by atoms with van der Waals surface area (Å²) in [6.45, 7) is 3.50. The second-order valence-corrected chi connectivity index (χ2v) is 5.29. The lowest BCUT2D eigenvalue weighted by Gasteiger charge is -2.27. The van der Waals surface area contributed by atoms with E-state index in [-0.39, 0.29) is 5.92 Å². The summed E-state index contributed by atoms with van der Waals surface area (Å²) in [5.41, 5.74) is 5.24. The zero-order chi connectivity index (χ0) is 13.1. The Morgan fingerprint density at radius 2 is 1.94 bits per heavy atom. The molecular formula is C12H17NO3S. The fraction of sp³-hybridized carbons (Fsp3) is 0.417. The van der Waals surface area contributed by atoms with Crippen LogP contribution in [0.25, 0.3) is 0 Å². The van der Waals surface area contributed by atoms with Gasteiger partial charge in [0.25, 0.3) is 5.91 Å². The molecule has 0 aromatic heterocycles. The van der Waals surface area contributed by atoms with Crippen LogP contribution in [0.1, 0.15) is 13.8 Å². The van der Waals surface area contributed by atoms with Crippen LogP contribution < -0.4 is 10.5 Å². The lowest BCUT2D eigenvalue weighted by atomic mass is 10.1. The molecule has 4 nitrogen and oxygen atoms in total. The normalized spacial score (nSPS) is 14.4. The van der Waals surface area contributed by atoms with Gasteiger partial charge in [0.15, 0.2) is 4.93 Å². The van der Waals surface area contributed by atoms with Crippen LogP contribution in [0.2, 0.25) is 0 Å². The molecule has 1 aromatic rings. The molecule has 94 valence electrons. The van der Waals surface area contributed by atoms with E-state index in [4.69, 9.17) is 10.5 Å². The summed E-state index contributed by atoms with van der Waals surface area (Å²) in [7, 11) is 1.58. The summed E-state index contributed by atoms with van der Waals surface area (Å²) in [4.78, 5) is 10.5. The summed E-state index contributed by atoms with van der Waals surface area (Å²) in [5, 5.41) is 10.2. The Morgan fingerprint density at radius 3 is 2.29 bits per heavy atom. The molecule has 1 aromatic carbocycles. The zero-order valence-electron chi connectivity index (χ0n) is 10.1. The van der Waals surface area contributed by atoms with Gasteiger partial charge in [0.1, 0.15) is 5.75 Å². The number of ether oxygens (including phenoxy) is 1. The first-order valence-electron chi connectivity index (χ1n) is 5.25. The first-order chi connectivity index (χ1) is 7.90. The van der Waals surface area contributed by atoms with Crippen molar-refractivity contribution in [2.75, 3.05) is 7.11 Å². The maximum Gasteiger partial charge on any atom is 0.260 e. The van der Waals surface area contributed by atoms with Crippen molar-refractivity contribution in [2.24, 2.45) is 11.7 Å². The van der Waals surface area contributed by atoms with E-state index in [0.717, 1.165) is 22.4 Å². The monoisotopic (exact) mass is 255 g/mol. The van der Waals surface area contributed by atoms with Crippen LogP contribution in [0.4, 0.5) is 0 Å². The van der Waals surface area contributed by atoms with Gasteiger partial charge in [-0.15, -0.1) is 0 Å². The Kier molecular flexibility index (Phi) is 4.42. The predicted molar refractivity (Wildman–Crippen MR) is 67.8 cm³/mol. The number of hydrogen-bond donors (Lipinski definition) is 2. The van der Waals surface area contributed by atoms with Crippen LogP contribution in [-0.4, -0.2) is 23.1 Å². The molecule has 1 rings (SSSR count). The van der Waals surface area contributed by atoms with Gasteiger partial charge in [-0.2, -0.15) is 0 Å². The summed E-state index contributed by atoms with van der Waals surface area (Å²) in [6.07, 6.45) is 0. The Hall–Kier alpha value is -1.20. The van der Waals surface area contributed by atoms with Crippen molar-refractivity contribution < 1.29 is 14.6 Å². The molecule has 1 amide bonds. The second-order valence-electron chi connectivity index (χ2n) is 3.99. The van der Waals surface area contributed by atoms with Gasteiger partial charge in [0.2, 0.25) is 0 Å². The van der Waals surface area contributed by atoms with Crippen LogP contribution in [-0.2, 0) is 4.79 Å². The molecule has 0 bridgehead atoms. The number of methoxy groups -OCH3 is 1. The van der Waals surface area contributed by atoms with Gasteiger partial charge in [0, 0.05) is 10.8 Å². The number of thioether (sulfide) groups is 1. The van der Waals surface area contributed by atoms with E-state index >= 15 is 0 Å². The van der Waals surface area contributed by atoms with E-state index in [2.05, 4.69) is 0 Å². The van der Waals surface area contributed by atoms with Crippen LogP contribution in [0.15, 0.2) is 29.2 Å². The van der Waals surface area contributed by atoms with E-state index in [9.17, 15) is 9.90 Å². The highest BCUT2D eigenvalue weighted by Crippen LogP contribution is 2.36. The second kappa shape index (κ2) is 5.42. The fourth-order valence-corrected chi connectivity index (χ4v) is 2.24. The topological polar surface area (TPSA) is 72.6 Å².